The summed E-state index contributed by atoms with van der Waals surface area (Å²) >= 11 is 12.7. The maximum atomic E-state index is 7.50. The van der Waals surface area contributed by atoms with E-state index in [2.05, 4.69) is 70.4 Å². The van der Waals surface area contributed by atoms with E-state index < -0.39 is 14.8 Å². The first-order chi connectivity index (χ1) is 9.21. The Morgan fingerprint density at radius 2 is 0.810 bits per heavy atom. The van der Waals surface area contributed by atoms with E-state index in [-0.39, 0.29) is 17.4 Å². The molecule has 3 nitrogen and oxygen atoms in total. The number of rotatable bonds is 2. The molecular formula is C13H16Cl2CrO3Si2. The molecule has 0 N–H and O–H groups in total. The van der Waals surface area contributed by atoms with Crippen LogP contribution < -0.4 is 10.4 Å². The third-order valence-electron chi connectivity index (χ3n) is 2.26. The van der Waals surface area contributed by atoms with Gasteiger partial charge >= 0.3 is 33.9 Å². The molecule has 0 radical (unpaired) electrons. The number of benzene rings is 1. The van der Waals surface area contributed by atoms with E-state index >= 15 is 0 Å². The molecule has 0 fully saturated rings. The van der Waals surface area contributed by atoms with Crippen LogP contribution in [-0.2, 0) is 31.3 Å². The first-order valence-electron chi connectivity index (χ1n) is 5.31. The van der Waals surface area contributed by atoms with Gasteiger partial charge in [-0.2, -0.15) is 22.2 Å². The fourth-order valence-electron chi connectivity index (χ4n) is 1.26. The summed E-state index contributed by atoms with van der Waals surface area (Å²) in [6, 6.07) is 8.52. The molecule has 1 aromatic carbocycles. The summed E-state index contributed by atoms with van der Waals surface area (Å²) < 4.78 is 22.5. The maximum absolute atomic E-state index is 7.50. The van der Waals surface area contributed by atoms with Gasteiger partial charge in [0.2, 0.25) is 0 Å². The molecule has 0 aliphatic heterocycles. The Morgan fingerprint density at radius 3 is 0.905 bits per heavy atom. The first-order valence-corrected chi connectivity index (χ1v) is 13.3. The standard InChI is InChI=1S/C10H16Cl2Si2.3CO.Cr/c1-13(2,11)9-5-7-10(8-6-9)14(3,4)12;3*1-2;/h5-8H,1-4H3;;;;. The molecule has 0 amide bonds. The molecule has 0 aliphatic carbocycles. The van der Waals surface area contributed by atoms with Gasteiger partial charge in [0.05, 0.1) is 0 Å². The van der Waals surface area contributed by atoms with Crippen LogP contribution in [0.3, 0.4) is 0 Å². The van der Waals surface area contributed by atoms with E-state index in [1.54, 1.807) is 0 Å². The van der Waals surface area contributed by atoms with Crippen molar-refractivity contribution in [3.8, 4) is 0 Å². The summed E-state index contributed by atoms with van der Waals surface area (Å²) in [5.74, 6) is 0. The Bertz CT molecular complexity index is 385. The predicted octanol–water partition coefficient (Wildman–Crippen LogP) is 2.87. The Balaban J connectivity index is -0.000000183. The van der Waals surface area contributed by atoms with E-state index in [9.17, 15) is 0 Å². The van der Waals surface area contributed by atoms with Gasteiger partial charge in [-0.1, -0.05) is 50.5 Å². The molecule has 0 aromatic heterocycles. The smallest absolute Gasteiger partial charge is 0 e. The molecule has 21 heavy (non-hydrogen) atoms. The quantitative estimate of drug-likeness (QED) is 0.318. The Kier molecular flexibility index (Phi) is 20.6. The fraction of sp³-hybridized carbons (Fsp3) is 0.308. The van der Waals surface area contributed by atoms with Crippen molar-refractivity contribution in [3.63, 3.8) is 0 Å². The number of hydrogen-bond acceptors (Lipinski definition) is 0. The second-order valence-corrected chi connectivity index (χ2v) is 17.2. The van der Waals surface area contributed by atoms with Gasteiger partial charge in [0.25, 0.3) is 0 Å². The molecule has 0 saturated heterocycles. The van der Waals surface area contributed by atoms with Crippen molar-refractivity contribution in [3.05, 3.63) is 44.2 Å². The SMILES string of the molecule is C[Si](C)(Cl)c1ccc([Si](C)(C)Cl)cc1.[C-]#[O+].[C-]#[O+].[C-]#[O+].[Cr]. The third kappa shape index (κ3) is 13.4. The van der Waals surface area contributed by atoms with Crippen LogP contribution in [0.5, 0.6) is 0 Å². The summed E-state index contributed by atoms with van der Waals surface area (Å²) in [6.07, 6.45) is 0. The van der Waals surface area contributed by atoms with Crippen LogP contribution >= 0.6 is 22.2 Å². The van der Waals surface area contributed by atoms with Crippen molar-refractivity contribution in [1.82, 2.24) is 0 Å². The fourth-order valence-corrected chi connectivity index (χ4v) is 3.94. The van der Waals surface area contributed by atoms with E-state index in [1.807, 2.05) is 0 Å². The van der Waals surface area contributed by atoms with Crippen LogP contribution in [0.4, 0.5) is 0 Å². The molecule has 1 aromatic rings. The molecule has 0 saturated carbocycles. The average molecular weight is 399 g/mol. The molecule has 0 aliphatic rings. The first kappa shape index (κ1) is 29.1. The minimum atomic E-state index is -1.67. The Labute approximate surface area is 148 Å². The summed E-state index contributed by atoms with van der Waals surface area (Å²) in [6.45, 7) is 22.0. The third-order valence-corrected chi connectivity index (χ3v) is 6.98. The average Bonchev–Trinajstić information content (AvgIpc) is 2.44. The molecule has 114 valence electrons. The Morgan fingerprint density at radius 1 is 0.667 bits per heavy atom. The molecule has 1 rings (SSSR count). The topological polar surface area (TPSA) is 59.7 Å². The molecular weight excluding hydrogens is 383 g/mol. The van der Waals surface area contributed by atoms with Crippen LogP contribution in [0.2, 0.25) is 26.2 Å². The number of hydrogen-bond donors (Lipinski definition) is 0. The van der Waals surface area contributed by atoms with E-state index in [0.29, 0.717) is 0 Å². The van der Waals surface area contributed by atoms with Crippen LogP contribution in [-0.4, -0.2) is 14.8 Å². The number of halogens is 2. The zero-order valence-corrected chi connectivity index (χ0v) is 17.0. The van der Waals surface area contributed by atoms with Gasteiger partial charge in [0, 0.05) is 17.4 Å². The van der Waals surface area contributed by atoms with E-state index in [1.165, 1.54) is 10.4 Å². The predicted molar refractivity (Wildman–Crippen MR) is 84.2 cm³/mol. The molecule has 0 bridgehead atoms. The van der Waals surface area contributed by atoms with Gasteiger partial charge in [-0.05, 0) is 10.4 Å². The van der Waals surface area contributed by atoms with Crippen LogP contribution in [0.15, 0.2) is 24.3 Å². The second kappa shape index (κ2) is 14.9. The van der Waals surface area contributed by atoms with Crippen molar-refractivity contribution in [2.45, 2.75) is 26.2 Å². The summed E-state index contributed by atoms with van der Waals surface area (Å²) in [5, 5.41) is 2.55. The van der Waals surface area contributed by atoms with Crippen LogP contribution in [0, 0.1) is 20.0 Å². The maximum Gasteiger partial charge on any atom is 0 e. The van der Waals surface area contributed by atoms with Crippen LogP contribution in [0.1, 0.15) is 0 Å². The Hall–Kier alpha value is -0.0138. The van der Waals surface area contributed by atoms with Crippen LogP contribution in [0.25, 0.3) is 0 Å². The summed E-state index contributed by atoms with van der Waals surface area (Å²) in [5.41, 5.74) is 0. The largest absolute Gasteiger partial charge is 0 e. The molecule has 8 heteroatoms. The monoisotopic (exact) mass is 398 g/mol. The normalized spacial score (nSPS) is 8.95. The molecule has 0 heterocycles. The zero-order chi connectivity index (χ0) is 17.0. The molecule has 0 spiro atoms. The van der Waals surface area contributed by atoms with Gasteiger partial charge in [-0.25, -0.2) is 0 Å². The second-order valence-electron chi connectivity index (χ2n) is 4.52. The van der Waals surface area contributed by atoms with Crippen molar-refractivity contribution >= 4 is 47.3 Å². The van der Waals surface area contributed by atoms with Gasteiger partial charge in [-0.15, -0.1) is 0 Å². The van der Waals surface area contributed by atoms with Gasteiger partial charge < -0.3 is 0 Å². The van der Waals surface area contributed by atoms with Gasteiger partial charge in [-0.3, -0.25) is 0 Å². The summed E-state index contributed by atoms with van der Waals surface area (Å²) in [4.78, 5) is 0. The summed E-state index contributed by atoms with van der Waals surface area (Å²) in [7, 11) is -3.34. The van der Waals surface area contributed by atoms with E-state index in [0.717, 1.165) is 0 Å². The zero-order valence-electron chi connectivity index (χ0n) is 12.2. The van der Waals surface area contributed by atoms with Crippen molar-refractivity contribution < 1.29 is 31.3 Å². The van der Waals surface area contributed by atoms with E-state index in [4.69, 9.17) is 36.1 Å². The molecule has 0 unspecified atom stereocenters. The molecule has 0 atom stereocenters. The van der Waals surface area contributed by atoms with Crippen molar-refractivity contribution in [2.75, 3.05) is 0 Å². The van der Waals surface area contributed by atoms with Crippen molar-refractivity contribution in [2.24, 2.45) is 0 Å². The van der Waals surface area contributed by atoms with Crippen molar-refractivity contribution in [1.29, 1.82) is 0 Å². The minimum absolute atomic E-state index is 0. The minimum Gasteiger partial charge on any atom is 0 e. The van der Waals surface area contributed by atoms with Gasteiger partial charge in [0.15, 0.2) is 14.8 Å². The van der Waals surface area contributed by atoms with Gasteiger partial charge in [0.1, 0.15) is 0 Å².